The van der Waals surface area contributed by atoms with Crippen molar-refractivity contribution >= 4 is 34.5 Å². The number of nitrogens with two attached hydrogens (primary N) is 1. The number of carbonyl (C=O) groups excluding carboxylic acids is 1. The van der Waals surface area contributed by atoms with Gasteiger partial charge >= 0.3 is 0 Å². The first-order valence-corrected chi connectivity index (χ1v) is 7.18. The van der Waals surface area contributed by atoms with Gasteiger partial charge in [-0.15, -0.1) is 11.3 Å². The molecule has 1 aromatic heterocycles. The summed E-state index contributed by atoms with van der Waals surface area (Å²) in [4.78, 5) is 14.8. The molecule has 3 nitrogen and oxygen atoms in total. The summed E-state index contributed by atoms with van der Waals surface area (Å²) in [6.07, 6.45) is 0. The van der Waals surface area contributed by atoms with E-state index in [-0.39, 0.29) is 5.91 Å². The van der Waals surface area contributed by atoms with Gasteiger partial charge in [-0.3, -0.25) is 4.79 Å². The molecular formula is C14H15ClN2OS. The number of hydrogen-bond donors (Lipinski definition) is 1. The number of rotatable bonds is 4. The van der Waals surface area contributed by atoms with E-state index in [1.165, 1.54) is 11.3 Å². The average molecular weight is 295 g/mol. The van der Waals surface area contributed by atoms with Crippen LogP contribution in [-0.2, 0) is 6.54 Å². The van der Waals surface area contributed by atoms with E-state index in [2.05, 4.69) is 0 Å². The maximum absolute atomic E-state index is 12.3. The Balaban J connectivity index is 2.14. The number of benzene rings is 1. The van der Waals surface area contributed by atoms with Crippen molar-refractivity contribution in [1.82, 2.24) is 4.90 Å². The van der Waals surface area contributed by atoms with Crippen LogP contribution >= 0.6 is 22.9 Å². The molecule has 0 aliphatic rings. The lowest BCUT2D eigenvalue weighted by Gasteiger charge is -2.20. The summed E-state index contributed by atoms with van der Waals surface area (Å²) in [5.74, 6) is 0.00169. The summed E-state index contributed by atoms with van der Waals surface area (Å²) < 4.78 is 0.628. The lowest BCUT2D eigenvalue weighted by molar-refractivity contribution is 0.0757. The molecule has 19 heavy (non-hydrogen) atoms. The second-order valence-corrected chi connectivity index (χ2v) is 5.88. The summed E-state index contributed by atoms with van der Waals surface area (Å²) in [6.45, 7) is 3.15. The quantitative estimate of drug-likeness (QED) is 0.875. The molecule has 100 valence electrons. The molecular weight excluding hydrogens is 280 g/mol. The van der Waals surface area contributed by atoms with Gasteiger partial charge in [-0.1, -0.05) is 23.7 Å². The van der Waals surface area contributed by atoms with Crippen molar-refractivity contribution in [2.24, 2.45) is 0 Å². The summed E-state index contributed by atoms with van der Waals surface area (Å²) in [5, 5.41) is 0. The first-order chi connectivity index (χ1) is 9.10. The van der Waals surface area contributed by atoms with E-state index in [0.717, 1.165) is 5.56 Å². The van der Waals surface area contributed by atoms with Crippen LogP contribution in [0.1, 0.15) is 22.2 Å². The molecule has 0 aliphatic heterocycles. The number of anilines is 1. The van der Waals surface area contributed by atoms with Crippen molar-refractivity contribution in [1.29, 1.82) is 0 Å². The van der Waals surface area contributed by atoms with Crippen molar-refractivity contribution < 1.29 is 4.79 Å². The minimum atomic E-state index is 0.00169. The first kappa shape index (κ1) is 13.9. The molecule has 0 unspecified atom stereocenters. The Morgan fingerprint density at radius 1 is 1.37 bits per heavy atom. The number of carbonyl (C=O) groups is 1. The molecule has 0 bridgehead atoms. The molecule has 1 heterocycles. The molecule has 2 N–H and O–H groups in total. The highest BCUT2D eigenvalue weighted by molar-refractivity contribution is 7.17. The van der Waals surface area contributed by atoms with Gasteiger partial charge in [-0.25, -0.2) is 0 Å². The topological polar surface area (TPSA) is 46.3 Å². The Bertz CT molecular complexity index is 582. The maximum Gasteiger partial charge on any atom is 0.264 e. The van der Waals surface area contributed by atoms with Gasteiger partial charge in [0.1, 0.15) is 0 Å². The summed E-state index contributed by atoms with van der Waals surface area (Å²) >= 11 is 7.17. The Morgan fingerprint density at radius 3 is 2.74 bits per heavy atom. The molecule has 1 amide bonds. The van der Waals surface area contributed by atoms with Crippen LogP contribution in [0.25, 0.3) is 0 Å². The number of halogens is 1. The van der Waals surface area contributed by atoms with Crippen molar-refractivity contribution in [3.63, 3.8) is 0 Å². The van der Waals surface area contributed by atoms with Crippen LogP contribution in [0.3, 0.4) is 0 Å². The molecule has 0 fully saturated rings. The normalized spacial score (nSPS) is 10.4. The molecule has 2 rings (SSSR count). The molecule has 2 aromatic rings. The zero-order valence-electron chi connectivity index (χ0n) is 10.6. The minimum absolute atomic E-state index is 0.00169. The third-order valence-corrected chi connectivity index (χ3v) is 4.00. The van der Waals surface area contributed by atoms with Gasteiger partial charge in [0.15, 0.2) is 0 Å². The fourth-order valence-corrected chi connectivity index (χ4v) is 2.84. The Labute approximate surface area is 121 Å². The van der Waals surface area contributed by atoms with Gasteiger partial charge in [0, 0.05) is 18.8 Å². The molecule has 0 saturated carbocycles. The molecule has 5 heteroatoms. The van der Waals surface area contributed by atoms with Crippen LogP contribution in [0.15, 0.2) is 36.4 Å². The van der Waals surface area contributed by atoms with Crippen LogP contribution in [0.5, 0.6) is 0 Å². The predicted molar refractivity (Wildman–Crippen MR) is 80.6 cm³/mol. The SMILES string of the molecule is CCN(Cc1cccc(N)c1)C(=O)c1ccc(Cl)s1. The second kappa shape index (κ2) is 6.08. The van der Waals surface area contributed by atoms with Crippen LogP contribution < -0.4 is 5.73 Å². The molecule has 0 radical (unpaired) electrons. The van der Waals surface area contributed by atoms with Crippen LogP contribution in [-0.4, -0.2) is 17.4 Å². The molecule has 0 spiro atoms. The second-order valence-electron chi connectivity index (χ2n) is 4.17. The van der Waals surface area contributed by atoms with Gasteiger partial charge < -0.3 is 10.6 Å². The van der Waals surface area contributed by atoms with E-state index in [0.29, 0.717) is 28.0 Å². The highest BCUT2D eigenvalue weighted by atomic mass is 35.5. The molecule has 0 atom stereocenters. The lowest BCUT2D eigenvalue weighted by Crippen LogP contribution is -2.29. The fourth-order valence-electron chi connectivity index (χ4n) is 1.82. The van der Waals surface area contributed by atoms with E-state index < -0.39 is 0 Å². The van der Waals surface area contributed by atoms with Crippen LogP contribution in [0, 0.1) is 0 Å². The van der Waals surface area contributed by atoms with Crippen molar-refractivity contribution in [3.8, 4) is 0 Å². The number of amides is 1. The van der Waals surface area contributed by atoms with Gasteiger partial charge in [0.05, 0.1) is 9.21 Å². The zero-order valence-corrected chi connectivity index (χ0v) is 12.2. The van der Waals surface area contributed by atoms with Gasteiger partial charge in [0.2, 0.25) is 0 Å². The fraction of sp³-hybridized carbons (Fsp3) is 0.214. The minimum Gasteiger partial charge on any atom is -0.399 e. The largest absolute Gasteiger partial charge is 0.399 e. The third-order valence-electron chi connectivity index (χ3n) is 2.78. The number of nitrogen functional groups attached to an aromatic ring is 1. The monoisotopic (exact) mass is 294 g/mol. The average Bonchev–Trinajstić information content (AvgIpc) is 2.82. The van der Waals surface area contributed by atoms with E-state index in [4.69, 9.17) is 17.3 Å². The van der Waals surface area contributed by atoms with Crippen LogP contribution in [0.2, 0.25) is 4.34 Å². The Kier molecular flexibility index (Phi) is 4.45. The number of thiophene rings is 1. The van der Waals surface area contributed by atoms with Gasteiger partial charge in [-0.05, 0) is 36.8 Å². The van der Waals surface area contributed by atoms with Crippen molar-refractivity contribution in [3.05, 3.63) is 51.2 Å². The van der Waals surface area contributed by atoms with Crippen molar-refractivity contribution in [2.75, 3.05) is 12.3 Å². The van der Waals surface area contributed by atoms with E-state index in [9.17, 15) is 4.79 Å². The number of nitrogens with zero attached hydrogens (tertiary/aromatic N) is 1. The molecule has 1 aromatic carbocycles. The highest BCUT2D eigenvalue weighted by Gasteiger charge is 2.16. The Morgan fingerprint density at radius 2 is 2.16 bits per heavy atom. The van der Waals surface area contributed by atoms with Gasteiger partial charge in [0.25, 0.3) is 5.91 Å². The summed E-state index contributed by atoms with van der Waals surface area (Å²) in [6, 6.07) is 11.1. The Hall–Kier alpha value is -1.52. The molecule has 0 aliphatic carbocycles. The highest BCUT2D eigenvalue weighted by Crippen LogP contribution is 2.23. The van der Waals surface area contributed by atoms with E-state index >= 15 is 0 Å². The van der Waals surface area contributed by atoms with E-state index in [1.807, 2.05) is 31.2 Å². The van der Waals surface area contributed by atoms with Crippen molar-refractivity contribution in [2.45, 2.75) is 13.5 Å². The predicted octanol–water partition coefficient (Wildman–Crippen LogP) is 3.65. The summed E-state index contributed by atoms with van der Waals surface area (Å²) in [7, 11) is 0. The molecule has 0 saturated heterocycles. The zero-order chi connectivity index (χ0) is 13.8. The third kappa shape index (κ3) is 3.49. The van der Waals surface area contributed by atoms with Gasteiger partial charge in [-0.2, -0.15) is 0 Å². The van der Waals surface area contributed by atoms with E-state index in [1.54, 1.807) is 17.0 Å². The standard InChI is InChI=1S/C14H15ClN2OS/c1-2-17(9-10-4-3-5-11(16)8-10)14(18)12-6-7-13(15)19-12/h3-8H,2,9,16H2,1H3. The number of hydrogen-bond acceptors (Lipinski definition) is 3. The summed E-state index contributed by atoms with van der Waals surface area (Å²) in [5.41, 5.74) is 7.48. The lowest BCUT2D eigenvalue weighted by atomic mass is 10.2. The van der Waals surface area contributed by atoms with Crippen LogP contribution in [0.4, 0.5) is 5.69 Å². The maximum atomic E-state index is 12.3. The smallest absolute Gasteiger partial charge is 0.264 e. The first-order valence-electron chi connectivity index (χ1n) is 5.99.